The molecule has 8 heteroatoms. The molecule has 5 aliphatic rings. The fraction of sp³-hybridized carbons (Fsp3) is 0.833. The largest absolute Gasteiger partial charge is 0.392 e. The minimum atomic E-state index is -1.50. The molecule has 1 heterocycles. The SMILES string of the molecule is OC1C2C3OC3C1C1C2C2(Cl)C(Cl)=C(Cl)C1(Cl)C2(Cl)Cl. The van der Waals surface area contributed by atoms with Gasteiger partial charge in [-0.3, -0.25) is 0 Å². The van der Waals surface area contributed by atoms with Crippen LogP contribution in [0.3, 0.4) is 0 Å². The van der Waals surface area contributed by atoms with Crippen molar-refractivity contribution in [2.45, 2.75) is 32.4 Å². The van der Waals surface area contributed by atoms with Gasteiger partial charge in [0, 0.05) is 11.8 Å². The molecular weight excluding hydrogens is 389 g/mol. The molecule has 8 atom stereocenters. The Labute approximate surface area is 145 Å². The number of fused-ring (bicyclic) bond motifs is 12. The van der Waals surface area contributed by atoms with Gasteiger partial charge >= 0.3 is 0 Å². The average molecular weight is 397 g/mol. The van der Waals surface area contributed by atoms with Crippen molar-refractivity contribution in [1.29, 1.82) is 0 Å². The maximum Gasteiger partial charge on any atom is 0.166 e. The first-order valence-electron chi connectivity index (χ1n) is 6.36. The second-order valence-electron chi connectivity index (χ2n) is 6.39. The van der Waals surface area contributed by atoms with E-state index in [1.807, 2.05) is 0 Å². The number of hydrogen-bond acceptors (Lipinski definition) is 2. The van der Waals surface area contributed by atoms with Crippen LogP contribution in [-0.4, -0.2) is 37.5 Å². The summed E-state index contributed by atoms with van der Waals surface area (Å²) in [5.41, 5.74) is 0. The summed E-state index contributed by atoms with van der Waals surface area (Å²) < 4.78 is 4.13. The predicted octanol–water partition coefficient (Wildman–Crippen LogP) is 3.45. The monoisotopic (exact) mass is 394 g/mol. The molecular formula is C12H8Cl6O2. The average Bonchev–Trinajstić information content (AvgIpc) is 3.01. The van der Waals surface area contributed by atoms with E-state index in [9.17, 15) is 5.11 Å². The Hall–Kier alpha value is 1.40. The fourth-order valence-corrected chi connectivity index (χ4v) is 8.41. The van der Waals surface area contributed by atoms with Crippen LogP contribution < -0.4 is 0 Å². The molecule has 2 nitrogen and oxygen atoms in total. The Morgan fingerprint density at radius 3 is 1.65 bits per heavy atom. The zero-order chi connectivity index (χ0) is 14.4. The van der Waals surface area contributed by atoms with Gasteiger partial charge < -0.3 is 9.84 Å². The van der Waals surface area contributed by atoms with Gasteiger partial charge in [0.05, 0.1) is 28.4 Å². The lowest BCUT2D eigenvalue weighted by Gasteiger charge is -2.37. The predicted molar refractivity (Wildman–Crippen MR) is 79.0 cm³/mol. The highest BCUT2D eigenvalue weighted by atomic mass is 35.5. The molecule has 110 valence electrons. The van der Waals surface area contributed by atoms with E-state index in [4.69, 9.17) is 74.3 Å². The van der Waals surface area contributed by atoms with Crippen LogP contribution in [0.25, 0.3) is 0 Å². The first-order chi connectivity index (χ1) is 9.20. The minimum absolute atomic E-state index is 0.0128. The number of hydrogen-bond donors (Lipinski definition) is 1. The van der Waals surface area contributed by atoms with Gasteiger partial charge in [0.1, 0.15) is 9.75 Å². The number of aliphatic hydroxyl groups excluding tert-OH is 1. The molecule has 0 radical (unpaired) electrons. The number of halogens is 6. The third kappa shape index (κ3) is 0.991. The molecule has 0 amide bonds. The van der Waals surface area contributed by atoms with Crippen molar-refractivity contribution in [2.24, 2.45) is 23.7 Å². The first kappa shape index (κ1) is 13.8. The van der Waals surface area contributed by atoms with E-state index in [-0.39, 0.29) is 45.9 Å². The Kier molecular flexibility index (Phi) is 2.36. The maximum absolute atomic E-state index is 10.5. The number of ether oxygens (including phenoxy) is 1. The summed E-state index contributed by atoms with van der Waals surface area (Å²) >= 11 is 39.3. The summed E-state index contributed by atoms with van der Waals surface area (Å²) in [5.74, 6) is -0.724. The molecule has 8 unspecified atom stereocenters. The van der Waals surface area contributed by atoms with Crippen LogP contribution >= 0.6 is 69.6 Å². The molecule has 4 aliphatic carbocycles. The second-order valence-corrected chi connectivity index (χ2v) is 9.66. The Morgan fingerprint density at radius 2 is 1.25 bits per heavy atom. The van der Waals surface area contributed by atoms with Crippen LogP contribution in [0.15, 0.2) is 10.1 Å². The molecule has 4 fully saturated rings. The van der Waals surface area contributed by atoms with Gasteiger partial charge in [-0.05, 0) is 11.8 Å². The quantitative estimate of drug-likeness (QED) is 0.386. The van der Waals surface area contributed by atoms with Crippen LogP contribution in [-0.2, 0) is 4.74 Å². The maximum atomic E-state index is 10.5. The number of rotatable bonds is 0. The van der Waals surface area contributed by atoms with E-state index in [1.54, 1.807) is 0 Å². The molecule has 3 saturated carbocycles. The molecule has 0 aromatic heterocycles. The lowest BCUT2D eigenvalue weighted by atomic mass is 9.73. The summed E-state index contributed by atoms with van der Waals surface area (Å²) in [6.07, 6.45) is -0.487. The van der Waals surface area contributed by atoms with Crippen molar-refractivity contribution in [1.82, 2.24) is 0 Å². The van der Waals surface area contributed by atoms with E-state index in [0.717, 1.165) is 0 Å². The van der Waals surface area contributed by atoms with Gasteiger partial charge in [-0.15, -0.1) is 23.2 Å². The van der Waals surface area contributed by atoms with E-state index >= 15 is 0 Å². The molecule has 20 heavy (non-hydrogen) atoms. The molecule has 5 rings (SSSR count). The van der Waals surface area contributed by atoms with Crippen molar-refractivity contribution in [3.8, 4) is 0 Å². The number of allylic oxidation sites excluding steroid dienone is 2. The van der Waals surface area contributed by atoms with Gasteiger partial charge in [-0.2, -0.15) is 0 Å². The highest BCUT2D eigenvalue weighted by Gasteiger charge is 2.91. The molecule has 4 bridgehead atoms. The normalized spacial score (nSPS) is 67.7. The van der Waals surface area contributed by atoms with Crippen molar-refractivity contribution >= 4 is 69.6 Å². The van der Waals surface area contributed by atoms with Gasteiger partial charge in [0.2, 0.25) is 0 Å². The van der Waals surface area contributed by atoms with Crippen LogP contribution in [0.4, 0.5) is 0 Å². The molecule has 1 aliphatic heterocycles. The van der Waals surface area contributed by atoms with E-state index in [2.05, 4.69) is 0 Å². The van der Waals surface area contributed by atoms with Crippen LogP contribution in [0.5, 0.6) is 0 Å². The van der Waals surface area contributed by atoms with Crippen molar-refractivity contribution in [3.63, 3.8) is 0 Å². The summed E-state index contributed by atoms with van der Waals surface area (Å²) in [7, 11) is 0. The van der Waals surface area contributed by atoms with E-state index in [0.29, 0.717) is 0 Å². The third-order valence-electron chi connectivity index (χ3n) is 5.99. The zero-order valence-corrected chi connectivity index (χ0v) is 14.2. The molecule has 1 saturated heterocycles. The van der Waals surface area contributed by atoms with Crippen LogP contribution in [0, 0.1) is 23.7 Å². The minimum Gasteiger partial charge on any atom is -0.392 e. The third-order valence-corrected chi connectivity index (χ3v) is 10.3. The topological polar surface area (TPSA) is 32.8 Å². The van der Waals surface area contributed by atoms with Crippen molar-refractivity contribution in [2.75, 3.05) is 0 Å². The first-order valence-corrected chi connectivity index (χ1v) is 8.63. The standard InChI is InChI=1S/C12H8Cl6O2/c13-8-9(14)11(16)4-2-5(19)1(6-7(2)20-6)3(4)10(8,15)12(11,17)18/h1-7,19H. The molecule has 0 aromatic carbocycles. The Balaban J connectivity index is 1.80. The summed E-state index contributed by atoms with van der Waals surface area (Å²) in [6.45, 7) is 0. The Bertz CT molecular complexity index is 546. The zero-order valence-electron chi connectivity index (χ0n) is 9.66. The lowest BCUT2D eigenvalue weighted by molar-refractivity contribution is 0.0503. The summed E-state index contributed by atoms with van der Waals surface area (Å²) in [6, 6.07) is 0. The smallest absolute Gasteiger partial charge is 0.166 e. The second kappa shape index (κ2) is 3.42. The summed E-state index contributed by atoms with van der Waals surface area (Å²) in [4.78, 5) is -2.53. The number of epoxide rings is 1. The molecule has 1 N–H and O–H groups in total. The van der Waals surface area contributed by atoms with Crippen LogP contribution in [0.2, 0.25) is 0 Å². The summed E-state index contributed by atoms with van der Waals surface area (Å²) in [5, 5.41) is 10.9. The van der Waals surface area contributed by atoms with Gasteiger partial charge in [-0.1, -0.05) is 46.4 Å². The highest BCUT2D eigenvalue weighted by Crippen LogP contribution is 2.84. The van der Waals surface area contributed by atoms with Crippen molar-refractivity contribution < 1.29 is 9.84 Å². The van der Waals surface area contributed by atoms with Crippen LogP contribution in [0.1, 0.15) is 0 Å². The van der Waals surface area contributed by atoms with Crippen molar-refractivity contribution in [3.05, 3.63) is 10.1 Å². The molecule has 0 spiro atoms. The molecule has 0 aromatic rings. The fourth-order valence-electron chi connectivity index (χ4n) is 5.31. The van der Waals surface area contributed by atoms with Gasteiger partial charge in [0.25, 0.3) is 0 Å². The number of aliphatic hydroxyl groups is 1. The number of alkyl halides is 4. The highest BCUT2D eigenvalue weighted by molar-refractivity contribution is 6.65. The Morgan fingerprint density at radius 1 is 0.850 bits per heavy atom. The van der Waals surface area contributed by atoms with Gasteiger partial charge in [0.15, 0.2) is 4.33 Å². The van der Waals surface area contributed by atoms with E-state index < -0.39 is 20.2 Å². The van der Waals surface area contributed by atoms with E-state index in [1.165, 1.54) is 0 Å². The van der Waals surface area contributed by atoms with Gasteiger partial charge in [-0.25, -0.2) is 0 Å². The lowest BCUT2D eigenvalue weighted by Crippen LogP contribution is -2.48.